The summed E-state index contributed by atoms with van der Waals surface area (Å²) in [6.07, 6.45) is 1.56. The summed E-state index contributed by atoms with van der Waals surface area (Å²) in [5.74, 6) is 1.60. The van der Waals surface area contributed by atoms with E-state index >= 15 is 0 Å². The van der Waals surface area contributed by atoms with Crippen LogP contribution in [0.3, 0.4) is 0 Å². The molecule has 1 aliphatic heterocycles. The Morgan fingerprint density at radius 1 is 1.56 bits per heavy atom. The molecule has 1 fully saturated rings. The molecule has 1 N–H and O–H groups in total. The lowest BCUT2D eigenvalue weighted by Crippen LogP contribution is -2.49. The van der Waals surface area contributed by atoms with E-state index < -0.39 is 0 Å². The summed E-state index contributed by atoms with van der Waals surface area (Å²) in [6, 6.07) is 2.40. The van der Waals surface area contributed by atoms with E-state index in [9.17, 15) is 0 Å². The number of hydrogen-bond donors (Lipinski definition) is 1. The molecule has 0 amide bonds. The Labute approximate surface area is 95.8 Å². The van der Waals surface area contributed by atoms with E-state index in [4.69, 9.17) is 4.74 Å². The van der Waals surface area contributed by atoms with Gasteiger partial charge in [-0.05, 0) is 13.8 Å². The quantitative estimate of drug-likeness (QED) is 0.814. The lowest BCUT2D eigenvalue weighted by Gasteiger charge is -2.32. The van der Waals surface area contributed by atoms with Gasteiger partial charge in [0.25, 0.3) is 0 Å². The molecule has 2 rings (SSSR count). The Hall–Kier alpha value is -1.36. The van der Waals surface area contributed by atoms with E-state index in [1.807, 2.05) is 13.0 Å². The van der Waals surface area contributed by atoms with Gasteiger partial charge in [0.05, 0.1) is 6.61 Å². The van der Waals surface area contributed by atoms with Crippen LogP contribution in [0.1, 0.15) is 13.8 Å². The van der Waals surface area contributed by atoms with Crippen molar-refractivity contribution in [1.82, 2.24) is 15.3 Å². The minimum atomic E-state index is 0.499. The number of nitrogens with zero attached hydrogens (tertiary/aromatic N) is 3. The van der Waals surface area contributed by atoms with Gasteiger partial charge >= 0.3 is 0 Å². The van der Waals surface area contributed by atoms with Gasteiger partial charge in [0.2, 0.25) is 5.88 Å². The van der Waals surface area contributed by atoms with Gasteiger partial charge in [-0.25, -0.2) is 9.97 Å². The fourth-order valence-electron chi connectivity index (χ4n) is 1.87. The largest absolute Gasteiger partial charge is 0.478 e. The van der Waals surface area contributed by atoms with E-state index in [0.29, 0.717) is 18.5 Å². The molecule has 0 radical (unpaired) electrons. The lowest BCUT2D eigenvalue weighted by atomic mass is 10.2. The Bertz CT molecular complexity index is 345. The van der Waals surface area contributed by atoms with Crippen LogP contribution in [-0.2, 0) is 0 Å². The average Bonchev–Trinajstić information content (AvgIpc) is 2.30. The van der Waals surface area contributed by atoms with Crippen LogP contribution < -0.4 is 15.0 Å². The van der Waals surface area contributed by atoms with Crippen molar-refractivity contribution in [2.45, 2.75) is 19.9 Å². The van der Waals surface area contributed by atoms with Crippen LogP contribution in [-0.4, -0.2) is 42.3 Å². The minimum Gasteiger partial charge on any atom is -0.478 e. The number of ether oxygens (including phenoxy) is 1. The fourth-order valence-corrected chi connectivity index (χ4v) is 1.87. The first-order valence-electron chi connectivity index (χ1n) is 5.72. The molecular weight excluding hydrogens is 204 g/mol. The second kappa shape index (κ2) is 5.12. The third-order valence-electron chi connectivity index (χ3n) is 2.61. The van der Waals surface area contributed by atoms with Crippen LogP contribution in [0.4, 0.5) is 5.82 Å². The zero-order valence-corrected chi connectivity index (χ0v) is 9.81. The predicted octanol–water partition coefficient (Wildman–Crippen LogP) is 0.673. The maximum Gasteiger partial charge on any atom is 0.218 e. The standard InChI is InChI=1S/C11H18N4O/c1-3-16-11-6-10(13-8-14-11)15-5-4-12-9(2)7-15/h6,8-9,12H,3-5,7H2,1-2H3/t9-/m0/s1. The van der Waals surface area contributed by atoms with Crippen molar-refractivity contribution in [2.24, 2.45) is 0 Å². The molecule has 1 aromatic rings. The summed E-state index contributed by atoms with van der Waals surface area (Å²) >= 11 is 0. The molecule has 0 aromatic carbocycles. The molecule has 2 heterocycles. The zero-order valence-electron chi connectivity index (χ0n) is 9.81. The van der Waals surface area contributed by atoms with E-state index in [2.05, 4.69) is 27.1 Å². The average molecular weight is 222 g/mol. The van der Waals surface area contributed by atoms with Gasteiger partial charge in [-0.3, -0.25) is 0 Å². The molecule has 0 unspecified atom stereocenters. The Morgan fingerprint density at radius 2 is 2.44 bits per heavy atom. The Balaban J connectivity index is 2.09. The number of nitrogens with one attached hydrogen (secondary N) is 1. The molecule has 0 bridgehead atoms. The molecule has 16 heavy (non-hydrogen) atoms. The molecule has 5 heteroatoms. The third-order valence-corrected chi connectivity index (χ3v) is 2.61. The second-order valence-corrected chi connectivity index (χ2v) is 3.95. The highest BCUT2D eigenvalue weighted by Gasteiger charge is 2.17. The minimum absolute atomic E-state index is 0.499. The molecule has 1 saturated heterocycles. The molecule has 1 aromatic heterocycles. The van der Waals surface area contributed by atoms with Crippen LogP contribution >= 0.6 is 0 Å². The van der Waals surface area contributed by atoms with Crippen molar-refractivity contribution in [3.63, 3.8) is 0 Å². The topological polar surface area (TPSA) is 50.3 Å². The van der Waals surface area contributed by atoms with Crippen molar-refractivity contribution in [3.05, 3.63) is 12.4 Å². The van der Waals surface area contributed by atoms with Crippen molar-refractivity contribution in [2.75, 3.05) is 31.1 Å². The van der Waals surface area contributed by atoms with E-state index in [1.165, 1.54) is 0 Å². The number of anilines is 1. The maximum atomic E-state index is 5.37. The Kier molecular flexibility index (Phi) is 3.56. The summed E-state index contributed by atoms with van der Waals surface area (Å²) in [5, 5.41) is 3.41. The van der Waals surface area contributed by atoms with Crippen molar-refractivity contribution >= 4 is 5.82 Å². The lowest BCUT2D eigenvalue weighted by molar-refractivity contribution is 0.326. The molecular formula is C11H18N4O. The first-order chi connectivity index (χ1) is 7.79. The fraction of sp³-hybridized carbons (Fsp3) is 0.636. The van der Waals surface area contributed by atoms with Crippen LogP contribution in [0.5, 0.6) is 5.88 Å². The van der Waals surface area contributed by atoms with Crippen LogP contribution in [0, 0.1) is 0 Å². The van der Waals surface area contributed by atoms with Gasteiger partial charge in [0.1, 0.15) is 12.1 Å². The summed E-state index contributed by atoms with van der Waals surface area (Å²) < 4.78 is 5.37. The first-order valence-corrected chi connectivity index (χ1v) is 5.72. The monoisotopic (exact) mass is 222 g/mol. The first kappa shape index (κ1) is 11.1. The van der Waals surface area contributed by atoms with Crippen LogP contribution in [0.15, 0.2) is 12.4 Å². The number of aromatic nitrogens is 2. The Morgan fingerprint density at radius 3 is 3.19 bits per heavy atom. The maximum absolute atomic E-state index is 5.37. The summed E-state index contributed by atoms with van der Waals surface area (Å²) in [7, 11) is 0. The summed E-state index contributed by atoms with van der Waals surface area (Å²) in [6.45, 7) is 7.71. The third kappa shape index (κ3) is 2.61. The van der Waals surface area contributed by atoms with Gasteiger partial charge in [0.15, 0.2) is 0 Å². The van der Waals surface area contributed by atoms with Crippen molar-refractivity contribution < 1.29 is 4.74 Å². The molecule has 0 saturated carbocycles. The predicted molar refractivity (Wildman–Crippen MR) is 62.9 cm³/mol. The highest BCUT2D eigenvalue weighted by atomic mass is 16.5. The van der Waals surface area contributed by atoms with Crippen LogP contribution in [0.25, 0.3) is 0 Å². The number of piperazine rings is 1. The number of hydrogen-bond acceptors (Lipinski definition) is 5. The normalized spacial score (nSPS) is 20.9. The van der Waals surface area contributed by atoms with E-state index in [1.54, 1.807) is 6.33 Å². The zero-order chi connectivity index (χ0) is 11.4. The summed E-state index contributed by atoms with van der Waals surface area (Å²) in [5.41, 5.74) is 0. The van der Waals surface area contributed by atoms with Crippen LogP contribution in [0.2, 0.25) is 0 Å². The van der Waals surface area contributed by atoms with Gasteiger partial charge in [0, 0.05) is 31.7 Å². The highest BCUT2D eigenvalue weighted by Crippen LogP contribution is 2.16. The molecule has 88 valence electrons. The van der Waals surface area contributed by atoms with Gasteiger partial charge in [-0.2, -0.15) is 0 Å². The van der Waals surface area contributed by atoms with Crippen molar-refractivity contribution in [3.8, 4) is 5.88 Å². The summed E-state index contributed by atoms with van der Waals surface area (Å²) in [4.78, 5) is 10.6. The van der Waals surface area contributed by atoms with Gasteiger partial charge < -0.3 is 15.0 Å². The highest BCUT2D eigenvalue weighted by molar-refractivity contribution is 5.41. The molecule has 0 spiro atoms. The van der Waals surface area contributed by atoms with Crippen molar-refractivity contribution in [1.29, 1.82) is 0 Å². The smallest absolute Gasteiger partial charge is 0.218 e. The molecule has 5 nitrogen and oxygen atoms in total. The second-order valence-electron chi connectivity index (χ2n) is 3.95. The molecule has 1 atom stereocenters. The SMILES string of the molecule is CCOc1cc(N2CCN[C@@H](C)C2)ncn1. The van der Waals surface area contributed by atoms with E-state index in [-0.39, 0.29) is 0 Å². The number of rotatable bonds is 3. The van der Waals surface area contributed by atoms with Gasteiger partial charge in [-0.15, -0.1) is 0 Å². The molecule has 0 aliphatic carbocycles. The van der Waals surface area contributed by atoms with Gasteiger partial charge in [-0.1, -0.05) is 0 Å². The van der Waals surface area contributed by atoms with E-state index in [0.717, 1.165) is 25.5 Å². The molecule has 1 aliphatic rings.